The van der Waals surface area contributed by atoms with Crippen molar-refractivity contribution in [3.8, 4) is 11.3 Å². The number of nitrogens with two attached hydrogens (primary N) is 1. The summed E-state index contributed by atoms with van der Waals surface area (Å²) in [5.41, 5.74) is 5.78. The molecule has 0 radical (unpaired) electrons. The van der Waals surface area contributed by atoms with Crippen molar-refractivity contribution in [3.05, 3.63) is 58.3 Å². The molecule has 2 rings (SSSR count). The lowest BCUT2D eigenvalue weighted by Crippen LogP contribution is -2.12. The zero-order valence-electron chi connectivity index (χ0n) is 9.24. The van der Waals surface area contributed by atoms with Gasteiger partial charge in [-0.25, -0.2) is 4.98 Å². The maximum atomic E-state index is 11.3. The lowest BCUT2D eigenvalue weighted by atomic mass is 10.0. The fourth-order valence-electron chi connectivity index (χ4n) is 1.66. The van der Waals surface area contributed by atoms with Gasteiger partial charge < -0.3 is 5.73 Å². The molecule has 0 atom stereocenters. The van der Waals surface area contributed by atoms with E-state index in [2.05, 4.69) is 4.98 Å². The average Bonchev–Trinajstić information content (AvgIpc) is 2.38. The number of amides is 1. The zero-order chi connectivity index (χ0) is 13.1. The monoisotopic (exact) mass is 243 g/mol. The molecular weight excluding hydrogens is 234 g/mol. The summed E-state index contributed by atoms with van der Waals surface area (Å²) in [6, 6.07) is 9.19. The minimum atomic E-state index is -0.648. The van der Waals surface area contributed by atoms with Crippen LogP contribution in [0.1, 0.15) is 10.4 Å². The quantitative estimate of drug-likeness (QED) is 0.655. The number of nitrogens with zero attached hydrogens (tertiary/aromatic N) is 2. The Morgan fingerprint density at radius 3 is 2.61 bits per heavy atom. The summed E-state index contributed by atoms with van der Waals surface area (Å²) in [5, 5.41) is 10.9. The van der Waals surface area contributed by atoms with Crippen LogP contribution in [-0.2, 0) is 0 Å². The van der Waals surface area contributed by atoms with Crippen LogP contribution in [0.4, 0.5) is 5.69 Å². The smallest absolute Gasteiger partial charge is 0.295 e. The van der Waals surface area contributed by atoms with Crippen molar-refractivity contribution < 1.29 is 9.72 Å². The second-order valence-corrected chi connectivity index (χ2v) is 3.54. The number of carbonyl (C=O) groups is 1. The third-order valence-electron chi connectivity index (χ3n) is 2.43. The summed E-state index contributed by atoms with van der Waals surface area (Å²) in [6.07, 6.45) is 1.43. The Hall–Kier alpha value is -2.76. The van der Waals surface area contributed by atoms with Crippen LogP contribution in [0.5, 0.6) is 0 Å². The highest BCUT2D eigenvalue weighted by Crippen LogP contribution is 2.29. The molecule has 0 aliphatic rings. The Morgan fingerprint density at radius 2 is 1.94 bits per heavy atom. The van der Waals surface area contributed by atoms with Crippen molar-refractivity contribution in [1.29, 1.82) is 0 Å². The number of carbonyl (C=O) groups excluding carboxylic acids is 1. The molecule has 0 aliphatic carbocycles. The third kappa shape index (κ3) is 2.03. The first-order chi connectivity index (χ1) is 8.61. The lowest BCUT2D eigenvalue weighted by Gasteiger charge is -2.05. The highest BCUT2D eigenvalue weighted by molar-refractivity contribution is 6.00. The van der Waals surface area contributed by atoms with Crippen LogP contribution in [0.3, 0.4) is 0 Å². The van der Waals surface area contributed by atoms with E-state index in [1.54, 1.807) is 18.2 Å². The van der Waals surface area contributed by atoms with E-state index in [1.165, 1.54) is 24.4 Å². The molecule has 6 nitrogen and oxygen atoms in total. The van der Waals surface area contributed by atoms with Crippen LogP contribution in [0.15, 0.2) is 42.6 Å². The molecule has 0 aliphatic heterocycles. The molecule has 0 saturated heterocycles. The Labute approximate surface area is 102 Å². The molecule has 1 heterocycles. The van der Waals surface area contributed by atoms with Gasteiger partial charge in [0.15, 0.2) is 0 Å². The van der Waals surface area contributed by atoms with Crippen molar-refractivity contribution in [2.24, 2.45) is 5.73 Å². The van der Waals surface area contributed by atoms with Crippen LogP contribution < -0.4 is 5.73 Å². The number of aromatic nitrogens is 1. The first-order valence-corrected chi connectivity index (χ1v) is 5.10. The minimum absolute atomic E-state index is 0.136. The van der Waals surface area contributed by atoms with E-state index in [0.29, 0.717) is 5.56 Å². The van der Waals surface area contributed by atoms with Gasteiger partial charge in [0.25, 0.3) is 5.69 Å². The van der Waals surface area contributed by atoms with Crippen LogP contribution in [0.25, 0.3) is 11.3 Å². The molecule has 0 spiro atoms. The van der Waals surface area contributed by atoms with Crippen LogP contribution in [-0.4, -0.2) is 15.8 Å². The number of benzene rings is 1. The third-order valence-corrected chi connectivity index (χ3v) is 2.43. The molecule has 90 valence electrons. The molecule has 0 fully saturated rings. The fraction of sp³-hybridized carbons (Fsp3) is 0. The number of pyridine rings is 1. The van der Waals surface area contributed by atoms with Gasteiger partial charge in [0.1, 0.15) is 5.69 Å². The predicted molar refractivity (Wildman–Crippen MR) is 64.8 cm³/mol. The number of hydrogen-bond acceptors (Lipinski definition) is 4. The van der Waals surface area contributed by atoms with Crippen molar-refractivity contribution in [1.82, 2.24) is 4.98 Å². The van der Waals surface area contributed by atoms with E-state index in [1.807, 2.05) is 0 Å². The molecular formula is C12H9N3O3. The summed E-state index contributed by atoms with van der Waals surface area (Å²) in [4.78, 5) is 25.6. The van der Waals surface area contributed by atoms with Crippen molar-refractivity contribution in [2.45, 2.75) is 0 Å². The molecule has 18 heavy (non-hydrogen) atoms. The van der Waals surface area contributed by atoms with Crippen LogP contribution in [0.2, 0.25) is 0 Å². The molecule has 0 bridgehead atoms. The maximum absolute atomic E-state index is 11.3. The first kappa shape index (κ1) is 11.7. The highest BCUT2D eigenvalue weighted by atomic mass is 16.6. The topological polar surface area (TPSA) is 99.1 Å². The minimum Gasteiger partial charge on any atom is -0.366 e. The van der Waals surface area contributed by atoms with Gasteiger partial charge in [-0.3, -0.25) is 14.9 Å². The van der Waals surface area contributed by atoms with Gasteiger partial charge in [0.05, 0.1) is 4.92 Å². The number of rotatable bonds is 3. The van der Waals surface area contributed by atoms with Gasteiger partial charge in [-0.05, 0) is 12.1 Å². The van der Waals surface area contributed by atoms with E-state index in [0.717, 1.165) is 0 Å². The van der Waals surface area contributed by atoms with Gasteiger partial charge in [-0.2, -0.15) is 0 Å². The predicted octanol–water partition coefficient (Wildman–Crippen LogP) is 1.76. The molecule has 1 aromatic heterocycles. The van der Waals surface area contributed by atoms with E-state index in [4.69, 9.17) is 5.73 Å². The molecule has 2 N–H and O–H groups in total. The number of nitro groups is 1. The van der Waals surface area contributed by atoms with Crippen molar-refractivity contribution in [3.63, 3.8) is 0 Å². The molecule has 2 aromatic rings. The van der Waals surface area contributed by atoms with E-state index in [-0.39, 0.29) is 16.9 Å². The maximum Gasteiger partial charge on any atom is 0.295 e. The molecule has 0 saturated carbocycles. The van der Waals surface area contributed by atoms with E-state index < -0.39 is 10.8 Å². The van der Waals surface area contributed by atoms with E-state index >= 15 is 0 Å². The summed E-state index contributed by atoms with van der Waals surface area (Å²) in [6.45, 7) is 0. The standard InChI is InChI=1S/C12H9N3O3/c13-12(16)9-5-2-1-4-8(9)11-10(15(17)18)6-3-7-14-11/h1-7H,(H2,13,16). The van der Waals surface area contributed by atoms with Crippen molar-refractivity contribution in [2.75, 3.05) is 0 Å². The van der Waals surface area contributed by atoms with Crippen LogP contribution >= 0.6 is 0 Å². The number of primary amides is 1. The lowest BCUT2D eigenvalue weighted by molar-refractivity contribution is -0.384. The molecule has 1 aromatic carbocycles. The normalized spacial score (nSPS) is 10.0. The highest BCUT2D eigenvalue weighted by Gasteiger charge is 2.19. The zero-order valence-corrected chi connectivity index (χ0v) is 9.24. The van der Waals surface area contributed by atoms with Crippen LogP contribution in [0, 0.1) is 10.1 Å². The Bertz CT molecular complexity index is 570. The van der Waals surface area contributed by atoms with Crippen molar-refractivity contribution >= 4 is 11.6 Å². The second-order valence-electron chi connectivity index (χ2n) is 3.54. The summed E-state index contributed by atoms with van der Waals surface area (Å²) < 4.78 is 0. The summed E-state index contributed by atoms with van der Waals surface area (Å²) in [5.74, 6) is -0.648. The number of hydrogen-bond donors (Lipinski definition) is 1. The Balaban J connectivity index is 2.70. The summed E-state index contributed by atoms with van der Waals surface area (Å²) >= 11 is 0. The summed E-state index contributed by atoms with van der Waals surface area (Å²) in [7, 11) is 0. The van der Waals surface area contributed by atoms with E-state index in [9.17, 15) is 14.9 Å². The Kier molecular flexibility index (Phi) is 3.01. The molecule has 0 unspecified atom stereocenters. The molecule has 1 amide bonds. The average molecular weight is 243 g/mol. The SMILES string of the molecule is NC(=O)c1ccccc1-c1ncccc1[N+](=O)[O-]. The fourth-order valence-corrected chi connectivity index (χ4v) is 1.66. The largest absolute Gasteiger partial charge is 0.366 e. The van der Waals surface area contributed by atoms with Gasteiger partial charge in [-0.1, -0.05) is 18.2 Å². The van der Waals surface area contributed by atoms with Gasteiger partial charge in [-0.15, -0.1) is 0 Å². The van der Waals surface area contributed by atoms with Gasteiger partial charge in [0.2, 0.25) is 5.91 Å². The molecule has 6 heteroatoms. The Morgan fingerprint density at radius 1 is 1.22 bits per heavy atom. The van der Waals surface area contributed by atoms with Gasteiger partial charge >= 0.3 is 0 Å². The first-order valence-electron chi connectivity index (χ1n) is 5.10. The van der Waals surface area contributed by atoms with Gasteiger partial charge in [0, 0.05) is 23.4 Å². The second kappa shape index (κ2) is 4.62.